The number of nitrogens with zero attached hydrogens (tertiary/aromatic N) is 1. The number of amides is 1. The van der Waals surface area contributed by atoms with Gasteiger partial charge in [-0.25, -0.2) is 0 Å². The molecule has 0 aromatic heterocycles. The summed E-state index contributed by atoms with van der Waals surface area (Å²) < 4.78 is 0. The van der Waals surface area contributed by atoms with Gasteiger partial charge in [-0.1, -0.05) is 24.3 Å². The Hall–Kier alpha value is -1.35. The first-order valence-electron chi connectivity index (χ1n) is 6.21. The number of hydrogen-bond acceptors (Lipinski definition) is 2. The first kappa shape index (κ1) is 12.1. The molecule has 17 heavy (non-hydrogen) atoms. The minimum absolute atomic E-state index is 0.260. The molecule has 3 nitrogen and oxygen atoms in total. The summed E-state index contributed by atoms with van der Waals surface area (Å²) in [7, 11) is 1.88. The first-order valence-corrected chi connectivity index (χ1v) is 6.21. The highest BCUT2D eigenvalue weighted by molar-refractivity contribution is 5.76. The van der Waals surface area contributed by atoms with Crippen molar-refractivity contribution in [2.24, 2.45) is 11.7 Å². The van der Waals surface area contributed by atoms with Crippen molar-refractivity contribution < 1.29 is 4.79 Å². The quantitative estimate of drug-likeness (QED) is 0.843. The molecule has 1 aliphatic rings. The van der Waals surface area contributed by atoms with Crippen LogP contribution in [0, 0.1) is 5.92 Å². The van der Waals surface area contributed by atoms with Gasteiger partial charge in [-0.2, -0.15) is 0 Å². The Morgan fingerprint density at radius 3 is 2.41 bits per heavy atom. The number of nitrogens with two attached hydrogens (primary N) is 1. The van der Waals surface area contributed by atoms with Crippen molar-refractivity contribution in [3.05, 3.63) is 35.4 Å². The van der Waals surface area contributed by atoms with Crippen molar-refractivity contribution in [3.63, 3.8) is 0 Å². The topological polar surface area (TPSA) is 46.3 Å². The normalized spacial score (nSPS) is 14.7. The zero-order chi connectivity index (χ0) is 12.3. The Balaban J connectivity index is 1.87. The maximum atomic E-state index is 11.8. The predicted octanol–water partition coefficient (Wildman–Crippen LogP) is 1.90. The maximum absolute atomic E-state index is 11.8. The van der Waals surface area contributed by atoms with Gasteiger partial charge in [0.15, 0.2) is 0 Å². The predicted molar refractivity (Wildman–Crippen MR) is 68.1 cm³/mol. The summed E-state index contributed by atoms with van der Waals surface area (Å²) in [5.41, 5.74) is 7.83. The minimum Gasteiger partial charge on any atom is -0.341 e. The van der Waals surface area contributed by atoms with E-state index >= 15 is 0 Å². The first-order chi connectivity index (χ1) is 8.19. The number of hydrogen-bond donors (Lipinski definition) is 1. The highest BCUT2D eigenvalue weighted by Gasteiger charge is 2.25. The summed E-state index contributed by atoms with van der Waals surface area (Å²) in [6, 6.07) is 8.13. The van der Waals surface area contributed by atoms with E-state index in [0.29, 0.717) is 19.0 Å². The fourth-order valence-corrected chi connectivity index (χ4v) is 1.87. The van der Waals surface area contributed by atoms with Gasteiger partial charge in [0.05, 0.1) is 0 Å². The van der Waals surface area contributed by atoms with E-state index in [1.165, 1.54) is 12.8 Å². The molecule has 0 aliphatic heterocycles. The lowest BCUT2D eigenvalue weighted by molar-refractivity contribution is -0.130. The molecule has 0 bridgehead atoms. The number of carbonyl (C=O) groups is 1. The smallest absolute Gasteiger partial charge is 0.222 e. The van der Waals surface area contributed by atoms with E-state index in [1.807, 2.05) is 36.2 Å². The standard InChI is InChI=1S/C14H20N2O/c1-16(14(17)8-11-2-3-11)10-13-6-4-12(9-15)5-7-13/h4-7,11H,2-3,8-10,15H2,1H3. The van der Waals surface area contributed by atoms with E-state index in [1.54, 1.807) is 0 Å². The largest absolute Gasteiger partial charge is 0.341 e. The number of benzene rings is 1. The summed E-state index contributed by atoms with van der Waals surface area (Å²) in [6.07, 6.45) is 3.17. The molecule has 1 fully saturated rings. The lowest BCUT2D eigenvalue weighted by Crippen LogP contribution is -2.26. The van der Waals surface area contributed by atoms with Gasteiger partial charge in [0.1, 0.15) is 0 Å². The summed E-state index contributed by atoms with van der Waals surface area (Å²) in [4.78, 5) is 13.6. The molecule has 0 radical (unpaired) electrons. The van der Waals surface area contributed by atoms with E-state index in [0.717, 1.165) is 17.5 Å². The van der Waals surface area contributed by atoms with E-state index < -0.39 is 0 Å². The lowest BCUT2D eigenvalue weighted by Gasteiger charge is -2.17. The van der Waals surface area contributed by atoms with Crippen molar-refractivity contribution in [1.82, 2.24) is 4.90 Å². The van der Waals surface area contributed by atoms with Crippen LogP contribution in [0.1, 0.15) is 30.4 Å². The molecule has 3 heteroatoms. The number of carbonyl (C=O) groups excluding carboxylic acids is 1. The zero-order valence-electron chi connectivity index (χ0n) is 10.4. The Bertz CT molecular complexity index is 382. The summed E-state index contributed by atoms with van der Waals surface area (Å²) >= 11 is 0. The molecule has 1 saturated carbocycles. The molecule has 92 valence electrons. The van der Waals surface area contributed by atoms with Crippen molar-refractivity contribution in [2.45, 2.75) is 32.4 Å². The van der Waals surface area contributed by atoms with Crippen LogP contribution in [0.3, 0.4) is 0 Å². The Labute approximate surface area is 103 Å². The van der Waals surface area contributed by atoms with E-state index in [4.69, 9.17) is 5.73 Å². The van der Waals surface area contributed by atoms with Crippen LogP contribution in [0.5, 0.6) is 0 Å². The van der Waals surface area contributed by atoms with Gasteiger partial charge in [-0.05, 0) is 29.9 Å². The van der Waals surface area contributed by atoms with Crippen LogP contribution in [-0.4, -0.2) is 17.9 Å². The summed E-state index contributed by atoms with van der Waals surface area (Å²) in [6.45, 7) is 1.26. The third-order valence-electron chi connectivity index (χ3n) is 3.26. The van der Waals surface area contributed by atoms with E-state index in [9.17, 15) is 4.79 Å². The van der Waals surface area contributed by atoms with Crippen LogP contribution in [0.15, 0.2) is 24.3 Å². The van der Waals surface area contributed by atoms with Crippen LogP contribution in [0.4, 0.5) is 0 Å². The van der Waals surface area contributed by atoms with Crippen LogP contribution < -0.4 is 5.73 Å². The van der Waals surface area contributed by atoms with Crippen LogP contribution >= 0.6 is 0 Å². The Morgan fingerprint density at radius 2 is 1.88 bits per heavy atom. The second kappa shape index (κ2) is 5.32. The van der Waals surface area contributed by atoms with Crippen molar-refractivity contribution in [3.8, 4) is 0 Å². The fourth-order valence-electron chi connectivity index (χ4n) is 1.87. The highest BCUT2D eigenvalue weighted by Crippen LogP contribution is 2.32. The molecule has 0 unspecified atom stereocenters. The van der Waals surface area contributed by atoms with Crippen LogP contribution in [0.25, 0.3) is 0 Å². The molecular formula is C14H20N2O. The molecule has 2 N–H and O–H groups in total. The van der Waals surface area contributed by atoms with Gasteiger partial charge in [0.2, 0.25) is 5.91 Å². The third-order valence-corrected chi connectivity index (χ3v) is 3.26. The molecule has 0 heterocycles. The van der Waals surface area contributed by atoms with Gasteiger partial charge in [-0.15, -0.1) is 0 Å². The molecule has 0 saturated heterocycles. The molecule has 2 rings (SSSR count). The fraction of sp³-hybridized carbons (Fsp3) is 0.500. The van der Waals surface area contributed by atoms with Crippen LogP contribution in [0.2, 0.25) is 0 Å². The zero-order valence-corrected chi connectivity index (χ0v) is 10.4. The van der Waals surface area contributed by atoms with Crippen LogP contribution in [-0.2, 0) is 17.9 Å². The monoisotopic (exact) mass is 232 g/mol. The molecule has 0 atom stereocenters. The van der Waals surface area contributed by atoms with Crippen molar-refractivity contribution >= 4 is 5.91 Å². The molecule has 1 aromatic rings. The van der Waals surface area contributed by atoms with Gasteiger partial charge in [-0.3, -0.25) is 4.79 Å². The average molecular weight is 232 g/mol. The molecule has 0 spiro atoms. The molecule has 1 aromatic carbocycles. The van der Waals surface area contributed by atoms with E-state index in [2.05, 4.69) is 0 Å². The average Bonchev–Trinajstić information content (AvgIpc) is 3.14. The SMILES string of the molecule is CN(Cc1ccc(CN)cc1)C(=O)CC1CC1. The Kier molecular flexibility index (Phi) is 3.79. The number of rotatable bonds is 5. The second-order valence-corrected chi connectivity index (χ2v) is 4.92. The summed E-state index contributed by atoms with van der Waals surface area (Å²) in [5, 5.41) is 0. The van der Waals surface area contributed by atoms with Gasteiger partial charge in [0, 0.05) is 26.6 Å². The van der Waals surface area contributed by atoms with Gasteiger partial charge in [0.25, 0.3) is 0 Å². The van der Waals surface area contributed by atoms with Gasteiger partial charge < -0.3 is 10.6 Å². The van der Waals surface area contributed by atoms with Crippen molar-refractivity contribution in [2.75, 3.05) is 7.05 Å². The van der Waals surface area contributed by atoms with E-state index in [-0.39, 0.29) is 5.91 Å². The summed E-state index contributed by atoms with van der Waals surface area (Å²) in [5.74, 6) is 0.917. The second-order valence-electron chi connectivity index (χ2n) is 4.92. The molecule has 1 amide bonds. The van der Waals surface area contributed by atoms with Crippen molar-refractivity contribution in [1.29, 1.82) is 0 Å². The highest BCUT2D eigenvalue weighted by atomic mass is 16.2. The molecule has 1 aliphatic carbocycles. The molecular weight excluding hydrogens is 212 g/mol. The Morgan fingerprint density at radius 1 is 1.29 bits per heavy atom. The minimum atomic E-state index is 0.260. The van der Waals surface area contributed by atoms with Gasteiger partial charge >= 0.3 is 0 Å². The lowest BCUT2D eigenvalue weighted by atomic mass is 10.1. The maximum Gasteiger partial charge on any atom is 0.222 e. The third kappa shape index (κ3) is 3.56.